The summed E-state index contributed by atoms with van der Waals surface area (Å²) in [5.41, 5.74) is 5.45. The summed E-state index contributed by atoms with van der Waals surface area (Å²) in [7, 11) is 0. The van der Waals surface area contributed by atoms with Crippen LogP contribution in [0.1, 0.15) is 39.2 Å². The maximum atomic E-state index is 13.8. The van der Waals surface area contributed by atoms with E-state index in [-0.39, 0.29) is 22.3 Å². The minimum absolute atomic E-state index is 0.00497. The molecule has 3 N–H and O–H groups in total. The van der Waals surface area contributed by atoms with Gasteiger partial charge in [-0.3, -0.25) is 0 Å². The van der Waals surface area contributed by atoms with Gasteiger partial charge in [0, 0.05) is 11.6 Å². The molecule has 1 aromatic rings. The molecule has 0 bridgehead atoms. The van der Waals surface area contributed by atoms with E-state index in [1.54, 1.807) is 0 Å². The third-order valence-electron chi connectivity index (χ3n) is 3.17. The van der Waals surface area contributed by atoms with Crippen LogP contribution in [0.2, 0.25) is 0 Å². The van der Waals surface area contributed by atoms with Gasteiger partial charge in [0.2, 0.25) is 0 Å². The maximum absolute atomic E-state index is 13.8. The lowest BCUT2D eigenvalue weighted by atomic mass is 10.00. The Morgan fingerprint density at radius 2 is 1.84 bits per heavy atom. The Morgan fingerprint density at radius 1 is 1.32 bits per heavy atom. The number of benzene rings is 1. The highest BCUT2D eigenvalue weighted by molar-refractivity contribution is 7.80. The van der Waals surface area contributed by atoms with Crippen LogP contribution in [0.15, 0.2) is 12.1 Å². The van der Waals surface area contributed by atoms with Crippen molar-refractivity contribution in [3.05, 3.63) is 29.3 Å². The fraction of sp³-hybridized carbons (Fsp3) is 0.500. The average Bonchev–Trinajstić information content (AvgIpc) is 2.33. The first kappa shape index (κ1) is 15.8. The molecule has 0 aliphatic rings. The third-order valence-corrected chi connectivity index (χ3v) is 3.41. The topological polar surface area (TPSA) is 38.0 Å². The molecule has 5 heteroatoms. The number of rotatable bonds is 6. The summed E-state index contributed by atoms with van der Waals surface area (Å²) in [6.45, 7) is 6.11. The molecule has 2 unspecified atom stereocenters. The highest BCUT2D eigenvalue weighted by Crippen LogP contribution is 2.23. The Balaban J connectivity index is 2.87. The van der Waals surface area contributed by atoms with Gasteiger partial charge >= 0.3 is 0 Å². The van der Waals surface area contributed by atoms with Gasteiger partial charge in [0.15, 0.2) is 0 Å². The number of thiocarbonyl (C=S) groups is 1. The van der Waals surface area contributed by atoms with Gasteiger partial charge in [-0.05, 0) is 31.4 Å². The molecule has 0 fully saturated rings. The van der Waals surface area contributed by atoms with Crippen molar-refractivity contribution in [1.29, 1.82) is 0 Å². The number of halogens is 2. The van der Waals surface area contributed by atoms with Crippen LogP contribution < -0.4 is 11.1 Å². The molecule has 2 nitrogen and oxygen atoms in total. The van der Waals surface area contributed by atoms with E-state index < -0.39 is 11.6 Å². The number of hydrogen-bond acceptors (Lipinski definition) is 2. The van der Waals surface area contributed by atoms with Crippen molar-refractivity contribution in [2.24, 2.45) is 11.7 Å². The van der Waals surface area contributed by atoms with Gasteiger partial charge in [0.25, 0.3) is 0 Å². The van der Waals surface area contributed by atoms with Gasteiger partial charge in [-0.25, -0.2) is 8.78 Å². The molecule has 1 aromatic carbocycles. The van der Waals surface area contributed by atoms with E-state index in [1.807, 2.05) is 6.92 Å². The zero-order valence-electron chi connectivity index (χ0n) is 11.5. The van der Waals surface area contributed by atoms with Gasteiger partial charge < -0.3 is 11.1 Å². The van der Waals surface area contributed by atoms with Crippen LogP contribution in [0.4, 0.5) is 14.5 Å². The molecule has 0 saturated heterocycles. The molecule has 0 saturated carbocycles. The number of nitrogens with one attached hydrogen (secondary N) is 1. The molecule has 2 atom stereocenters. The minimum atomic E-state index is -0.668. The van der Waals surface area contributed by atoms with E-state index in [4.69, 9.17) is 18.0 Å². The van der Waals surface area contributed by atoms with E-state index in [9.17, 15) is 8.78 Å². The second-order valence-corrected chi connectivity index (χ2v) is 5.41. The molecule has 0 amide bonds. The fourth-order valence-corrected chi connectivity index (χ4v) is 2.05. The first-order valence-corrected chi connectivity index (χ1v) is 6.81. The highest BCUT2D eigenvalue weighted by Gasteiger charge is 2.15. The zero-order chi connectivity index (χ0) is 14.6. The summed E-state index contributed by atoms with van der Waals surface area (Å²) in [6, 6.07) is 2.31. The van der Waals surface area contributed by atoms with Crippen LogP contribution in [-0.4, -0.2) is 11.0 Å². The van der Waals surface area contributed by atoms with Gasteiger partial charge in [0.1, 0.15) is 22.3 Å². The molecule has 0 aliphatic heterocycles. The lowest BCUT2D eigenvalue weighted by Crippen LogP contribution is -2.20. The molecule has 1 rings (SSSR count). The Morgan fingerprint density at radius 3 is 2.26 bits per heavy atom. The summed E-state index contributed by atoms with van der Waals surface area (Å²) in [6.07, 6.45) is 1.89. The molecule has 19 heavy (non-hydrogen) atoms. The van der Waals surface area contributed by atoms with Crippen molar-refractivity contribution in [1.82, 2.24) is 0 Å². The van der Waals surface area contributed by atoms with Gasteiger partial charge in [0.05, 0.1) is 0 Å². The molecule has 0 heterocycles. The Labute approximate surface area is 118 Å². The third kappa shape index (κ3) is 4.42. The van der Waals surface area contributed by atoms with Gasteiger partial charge in [-0.1, -0.05) is 32.5 Å². The van der Waals surface area contributed by atoms with Gasteiger partial charge in [-0.2, -0.15) is 0 Å². The largest absolute Gasteiger partial charge is 0.389 e. The zero-order valence-corrected chi connectivity index (χ0v) is 12.3. The van der Waals surface area contributed by atoms with E-state index in [0.29, 0.717) is 5.92 Å². The van der Waals surface area contributed by atoms with Crippen LogP contribution in [0.25, 0.3) is 0 Å². The summed E-state index contributed by atoms with van der Waals surface area (Å²) in [5.74, 6) is -0.831. The van der Waals surface area contributed by atoms with Crippen LogP contribution in [0.5, 0.6) is 0 Å². The van der Waals surface area contributed by atoms with Crippen LogP contribution in [0.3, 0.4) is 0 Å². The molecule has 0 aliphatic carbocycles. The fourth-order valence-electron chi connectivity index (χ4n) is 1.93. The molecule has 0 radical (unpaired) electrons. The minimum Gasteiger partial charge on any atom is -0.389 e. The van der Waals surface area contributed by atoms with E-state index in [1.165, 1.54) is 0 Å². The van der Waals surface area contributed by atoms with Gasteiger partial charge in [-0.15, -0.1) is 0 Å². The average molecular weight is 286 g/mol. The number of anilines is 1. The molecule has 0 aromatic heterocycles. The van der Waals surface area contributed by atoms with Crippen molar-refractivity contribution >= 4 is 22.9 Å². The van der Waals surface area contributed by atoms with Crippen molar-refractivity contribution < 1.29 is 8.78 Å². The van der Waals surface area contributed by atoms with E-state index in [0.717, 1.165) is 25.0 Å². The Hall–Kier alpha value is -1.23. The first-order valence-electron chi connectivity index (χ1n) is 6.40. The quantitative estimate of drug-likeness (QED) is 0.780. The number of nitrogens with two attached hydrogens (primary N) is 1. The molecular formula is C14H20F2N2S. The highest BCUT2D eigenvalue weighted by atomic mass is 32.1. The van der Waals surface area contributed by atoms with Crippen molar-refractivity contribution in [3.63, 3.8) is 0 Å². The van der Waals surface area contributed by atoms with Crippen molar-refractivity contribution in [2.45, 2.75) is 39.7 Å². The predicted molar refractivity (Wildman–Crippen MR) is 79.4 cm³/mol. The summed E-state index contributed by atoms with van der Waals surface area (Å²) in [4.78, 5) is -0.0167. The predicted octanol–water partition coefficient (Wildman–Crippen LogP) is 3.84. The van der Waals surface area contributed by atoms with Crippen molar-refractivity contribution in [3.8, 4) is 0 Å². The smallest absolute Gasteiger partial charge is 0.150 e. The lowest BCUT2D eigenvalue weighted by Gasteiger charge is -2.19. The molecule has 0 spiro atoms. The normalized spacial score (nSPS) is 13.9. The SMILES string of the molecule is CCC(C)CC(C)Nc1c(F)cc(C(N)=S)cc1F. The second-order valence-electron chi connectivity index (χ2n) is 4.97. The summed E-state index contributed by atoms with van der Waals surface area (Å²) in [5, 5.41) is 2.88. The summed E-state index contributed by atoms with van der Waals surface area (Å²) >= 11 is 4.71. The van der Waals surface area contributed by atoms with Crippen LogP contribution >= 0.6 is 12.2 Å². The van der Waals surface area contributed by atoms with Crippen molar-refractivity contribution in [2.75, 3.05) is 5.32 Å². The van der Waals surface area contributed by atoms with Crippen LogP contribution in [0, 0.1) is 17.6 Å². The lowest BCUT2D eigenvalue weighted by molar-refractivity contribution is 0.479. The first-order chi connectivity index (χ1) is 8.85. The molecule has 106 valence electrons. The summed E-state index contributed by atoms with van der Waals surface area (Å²) < 4.78 is 27.7. The Kier molecular flexibility index (Phi) is 5.66. The Bertz CT molecular complexity index is 440. The maximum Gasteiger partial charge on any atom is 0.150 e. The van der Waals surface area contributed by atoms with Crippen LogP contribution in [-0.2, 0) is 0 Å². The monoisotopic (exact) mass is 286 g/mol. The second kappa shape index (κ2) is 6.80. The number of hydrogen-bond donors (Lipinski definition) is 2. The van der Waals surface area contributed by atoms with E-state index >= 15 is 0 Å². The standard InChI is InChI=1S/C14H20F2N2S/c1-4-8(2)5-9(3)18-13-11(15)6-10(14(17)19)7-12(13)16/h6-9,18H,4-5H2,1-3H3,(H2,17,19). The van der Waals surface area contributed by atoms with E-state index in [2.05, 4.69) is 19.2 Å². The molecular weight excluding hydrogens is 266 g/mol.